The van der Waals surface area contributed by atoms with Crippen molar-refractivity contribution < 1.29 is 39.0 Å². The van der Waals surface area contributed by atoms with E-state index in [2.05, 4.69) is 13.8 Å². The van der Waals surface area contributed by atoms with Crippen molar-refractivity contribution in [1.82, 2.24) is 0 Å². The summed E-state index contributed by atoms with van der Waals surface area (Å²) >= 11 is 0.149. The number of hydrogen-bond acceptors (Lipinski definition) is 8. The Labute approximate surface area is 183 Å². The van der Waals surface area contributed by atoms with Crippen molar-refractivity contribution in [3.05, 3.63) is 0 Å². The summed E-state index contributed by atoms with van der Waals surface area (Å²) in [5.74, 6) is -9.17. The number of carboxylic acids is 2. The molecule has 0 unspecified atom stereocenters. The first kappa shape index (κ1) is 32.1. The molecule has 8 nitrogen and oxygen atoms in total. The van der Waals surface area contributed by atoms with E-state index in [0.29, 0.717) is 0 Å². The molecule has 0 aromatic carbocycles. The van der Waals surface area contributed by atoms with Gasteiger partial charge in [0.1, 0.15) is 35.0 Å². The number of unbranched alkanes of at least 4 members (excludes halogenated alkanes) is 2. The predicted octanol–water partition coefficient (Wildman–Crippen LogP) is 0.188. The van der Waals surface area contributed by atoms with Gasteiger partial charge >= 0.3 is 69.5 Å². The zero-order valence-corrected chi connectivity index (χ0v) is 21.0. The maximum atomic E-state index is 10.4. The maximum absolute atomic E-state index is 10.4. The zero-order chi connectivity index (χ0) is 23.6. The molecule has 0 radical (unpaired) electrons. The standard InChI is InChI=1S/2C6H8O4.2C4H9.Sn/c2*1-3(7)5(4(2)8)6(9)10;2*1-3-4-2;/h2*5H,1-2H3,(H,9,10);2*1,3-4H2,2H3;/q;;;;+2/p-2. The van der Waals surface area contributed by atoms with Crippen LogP contribution in [0.3, 0.4) is 0 Å². The van der Waals surface area contributed by atoms with Crippen molar-refractivity contribution in [1.29, 1.82) is 0 Å². The van der Waals surface area contributed by atoms with Crippen LogP contribution < -0.4 is 10.2 Å². The molecule has 0 atom stereocenters. The first-order valence-electron chi connectivity index (χ1n) is 9.49. The molecular formula is C20H32O8Sn. The first-order chi connectivity index (χ1) is 13.3. The summed E-state index contributed by atoms with van der Waals surface area (Å²) in [6, 6.07) is 0. The molecule has 0 aromatic rings. The number of carbonyl (C=O) groups is 6. The fourth-order valence-electron chi connectivity index (χ4n) is 1.96. The minimum atomic E-state index is -1.62. The molecule has 0 N–H and O–H groups in total. The summed E-state index contributed by atoms with van der Waals surface area (Å²) in [6.07, 6.45) is 5.84. The van der Waals surface area contributed by atoms with Gasteiger partial charge in [-0.3, -0.25) is 19.2 Å². The summed E-state index contributed by atoms with van der Waals surface area (Å²) in [5, 5.41) is 20.1. The molecule has 0 spiro atoms. The Kier molecular flexibility index (Phi) is 21.8. The fraction of sp³-hybridized carbons (Fsp3) is 0.700. The monoisotopic (exact) mass is 520 g/mol. The Morgan fingerprint density at radius 1 is 0.621 bits per heavy atom. The molecule has 0 aliphatic heterocycles. The summed E-state index contributed by atoms with van der Waals surface area (Å²) < 4.78 is 3.25. The SMILES string of the molecule is CC(=O)C(C(C)=O)C(=O)[O-].CC(=O)C(C(C)=O)C(=O)[O-].CCC[CH2][Sn+2][CH2]CCC. The molecule has 9 heteroatoms. The van der Waals surface area contributed by atoms with Crippen LogP contribution in [0.5, 0.6) is 0 Å². The van der Waals surface area contributed by atoms with E-state index in [1.165, 1.54) is 25.7 Å². The Hall–Kier alpha value is -1.58. The van der Waals surface area contributed by atoms with Crippen LogP contribution in [0.15, 0.2) is 0 Å². The molecule has 0 heterocycles. The van der Waals surface area contributed by atoms with E-state index in [1.807, 2.05) is 0 Å². The third-order valence-corrected chi connectivity index (χ3v) is 7.55. The Morgan fingerprint density at radius 3 is 0.966 bits per heavy atom. The molecule has 0 amide bonds. The Balaban J connectivity index is -0.000000350. The second-order valence-corrected chi connectivity index (χ2v) is 10.7. The van der Waals surface area contributed by atoms with Gasteiger partial charge in [-0.25, -0.2) is 0 Å². The zero-order valence-electron chi connectivity index (χ0n) is 18.2. The average molecular weight is 519 g/mol. The number of ketones is 4. The van der Waals surface area contributed by atoms with Gasteiger partial charge in [-0.2, -0.15) is 0 Å². The number of hydrogen-bond donors (Lipinski definition) is 0. The van der Waals surface area contributed by atoms with Crippen molar-refractivity contribution in [3.8, 4) is 0 Å². The van der Waals surface area contributed by atoms with E-state index in [4.69, 9.17) is 0 Å². The van der Waals surface area contributed by atoms with Crippen molar-refractivity contribution in [2.45, 2.75) is 76.1 Å². The number of carbonyl (C=O) groups excluding carboxylic acids is 6. The second-order valence-electron chi connectivity index (χ2n) is 6.40. The molecular weight excluding hydrogens is 487 g/mol. The van der Waals surface area contributed by atoms with E-state index >= 15 is 0 Å². The number of carboxylic acid groups (broad SMARTS) is 2. The molecule has 0 rings (SSSR count). The van der Waals surface area contributed by atoms with E-state index in [1.54, 1.807) is 8.87 Å². The van der Waals surface area contributed by atoms with Crippen molar-refractivity contribution >= 4 is 56.2 Å². The molecule has 0 fully saturated rings. The Bertz CT molecular complexity index is 442. The quantitative estimate of drug-likeness (QED) is 0.202. The van der Waals surface area contributed by atoms with Gasteiger partial charge in [-0.15, -0.1) is 0 Å². The summed E-state index contributed by atoms with van der Waals surface area (Å²) in [4.78, 5) is 61.6. The predicted molar refractivity (Wildman–Crippen MR) is 105 cm³/mol. The first-order valence-corrected chi connectivity index (χ1v) is 13.5. The number of rotatable bonds is 12. The van der Waals surface area contributed by atoms with Gasteiger partial charge in [0, 0.05) is 0 Å². The third-order valence-electron chi connectivity index (χ3n) is 3.51. The fourth-order valence-corrected chi connectivity index (χ4v) is 6.12. The van der Waals surface area contributed by atoms with E-state index in [-0.39, 0.29) is 21.1 Å². The molecule has 0 aliphatic rings. The molecule has 164 valence electrons. The average Bonchev–Trinajstić information content (AvgIpc) is 2.53. The van der Waals surface area contributed by atoms with Gasteiger partial charge < -0.3 is 19.8 Å². The topological polar surface area (TPSA) is 149 Å². The van der Waals surface area contributed by atoms with Crippen LogP contribution in [0.2, 0.25) is 8.87 Å². The summed E-state index contributed by atoms with van der Waals surface area (Å²) in [6.45, 7) is 8.76. The van der Waals surface area contributed by atoms with Crippen molar-refractivity contribution in [3.63, 3.8) is 0 Å². The summed E-state index contributed by atoms with van der Waals surface area (Å²) in [5.41, 5.74) is 0. The Morgan fingerprint density at radius 2 is 0.862 bits per heavy atom. The van der Waals surface area contributed by atoms with Crippen LogP contribution in [0.1, 0.15) is 67.2 Å². The van der Waals surface area contributed by atoms with Crippen LogP contribution in [0.25, 0.3) is 0 Å². The van der Waals surface area contributed by atoms with Crippen LogP contribution in [-0.2, 0) is 28.8 Å². The van der Waals surface area contributed by atoms with Gasteiger partial charge in [-0.05, 0) is 27.7 Å². The number of Topliss-reactive ketones (excluding diaryl/α,β-unsaturated/α-hetero) is 4. The third kappa shape index (κ3) is 19.5. The van der Waals surface area contributed by atoms with Crippen LogP contribution in [0, 0.1) is 11.8 Å². The molecule has 0 saturated carbocycles. The summed E-state index contributed by atoms with van der Waals surface area (Å²) in [7, 11) is 0. The van der Waals surface area contributed by atoms with Gasteiger partial charge in [0.15, 0.2) is 0 Å². The molecule has 29 heavy (non-hydrogen) atoms. The number of aliphatic carboxylic acids is 2. The molecule has 0 bridgehead atoms. The van der Waals surface area contributed by atoms with Crippen LogP contribution in [-0.4, -0.2) is 56.2 Å². The second kappa shape index (κ2) is 19.7. The van der Waals surface area contributed by atoms with Crippen LogP contribution >= 0.6 is 0 Å². The molecule has 0 saturated heterocycles. The van der Waals surface area contributed by atoms with E-state index in [0.717, 1.165) is 27.7 Å². The minimum absolute atomic E-state index is 0.149. The van der Waals surface area contributed by atoms with Gasteiger partial charge in [0.25, 0.3) is 0 Å². The van der Waals surface area contributed by atoms with Crippen molar-refractivity contribution in [2.24, 2.45) is 11.8 Å². The van der Waals surface area contributed by atoms with E-state index < -0.39 is 46.9 Å². The molecule has 0 aliphatic carbocycles. The van der Waals surface area contributed by atoms with Gasteiger partial charge in [-0.1, -0.05) is 0 Å². The van der Waals surface area contributed by atoms with Crippen LogP contribution in [0.4, 0.5) is 0 Å². The van der Waals surface area contributed by atoms with Crippen molar-refractivity contribution in [2.75, 3.05) is 0 Å². The molecule has 0 aromatic heterocycles. The normalized spacial score (nSPS) is 9.38. The van der Waals surface area contributed by atoms with Gasteiger partial charge in [0.2, 0.25) is 0 Å². The van der Waals surface area contributed by atoms with E-state index in [9.17, 15) is 39.0 Å². The van der Waals surface area contributed by atoms with Gasteiger partial charge in [0.05, 0.1) is 11.9 Å².